The quantitative estimate of drug-likeness (QED) is 0.622. The van der Waals surface area contributed by atoms with E-state index in [1.54, 1.807) is 36.0 Å². The van der Waals surface area contributed by atoms with Crippen molar-refractivity contribution in [1.82, 2.24) is 19.7 Å². The van der Waals surface area contributed by atoms with Gasteiger partial charge in [-0.1, -0.05) is 23.9 Å². The minimum atomic E-state index is -0.203. The summed E-state index contributed by atoms with van der Waals surface area (Å²) in [7, 11) is 0. The lowest BCUT2D eigenvalue weighted by molar-refractivity contribution is 0.0664. The molecule has 0 bridgehead atoms. The second-order valence-corrected chi connectivity index (χ2v) is 6.85. The van der Waals surface area contributed by atoms with E-state index in [0.29, 0.717) is 29.5 Å². The Bertz CT molecular complexity index is 762. The minimum absolute atomic E-state index is 0.203. The molecule has 1 saturated carbocycles. The van der Waals surface area contributed by atoms with Crippen molar-refractivity contribution in [3.05, 3.63) is 41.2 Å². The van der Waals surface area contributed by atoms with Gasteiger partial charge < -0.3 is 4.57 Å². The monoisotopic (exact) mass is 328 g/mol. The van der Waals surface area contributed by atoms with Gasteiger partial charge >= 0.3 is 0 Å². The lowest BCUT2D eigenvalue weighted by atomic mass is 10.1. The number of amides is 2. The molecule has 1 aliphatic heterocycles. The molecular formula is C16H16N4O2S. The maximum Gasteiger partial charge on any atom is 0.261 e. The van der Waals surface area contributed by atoms with Crippen LogP contribution in [0.25, 0.3) is 0 Å². The molecule has 7 heteroatoms. The van der Waals surface area contributed by atoms with Crippen LogP contribution in [0.15, 0.2) is 29.4 Å². The van der Waals surface area contributed by atoms with Crippen molar-refractivity contribution < 1.29 is 9.59 Å². The highest BCUT2D eigenvalue weighted by molar-refractivity contribution is 7.99. The zero-order valence-electron chi connectivity index (χ0n) is 12.7. The SMILES string of the molecule is Cc1nnc(SCCN2C(=O)c3ccccc3C2=O)n1C1CC1. The second kappa shape index (κ2) is 5.49. The number of fused-ring (bicyclic) bond motifs is 1. The van der Waals surface area contributed by atoms with Gasteiger partial charge in [0.1, 0.15) is 5.82 Å². The van der Waals surface area contributed by atoms with Crippen molar-refractivity contribution in [1.29, 1.82) is 0 Å². The molecule has 2 amide bonds. The number of hydrogen-bond acceptors (Lipinski definition) is 5. The highest BCUT2D eigenvalue weighted by Gasteiger charge is 2.35. The van der Waals surface area contributed by atoms with Gasteiger partial charge in [0.25, 0.3) is 11.8 Å². The van der Waals surface area contributed by atoms with Crippen molar-refractivity contribution in [2.45, 2.75) is 31.0 Å². The summed E-state index contributed by atoms with van der Waals surface area (Å²) in [6.45, 7) is 2.34. The average molecular weight is 328 g/mol. The molecule has 0 atom stereocenters. The van der Waals surface area contributed by atoms with Gasteiger partial charge in [-0.15, -0.1) is 10.2 Å². The zero-order valence-corrected chi connectivity index (χ0v) is 13.5. The van der Waals surface area contributed by atoms with Gasteiger partial charge in [0, 0.05) is 18.3 Å². The molecular weight excluding hydrogens is 312 g/mol. The lowest BCUT2D eigenvalue weighted by Crippen LogP contribution is -2.31. The topological polar surface area (TPSA) is 68.1 Å². The number of aryl methyl sites for hydroxylation is 1. The molecule has 2 heterocycles. The highest BCUT2D eigenvalue weighted by Crippen LogP contribution is 2.38. The smallest absolute Gasteiger partial charge is 0.261 e. The molecule has 4 rings (SSSR count). The number of nitrogens with zero attached hydrogens (tertiary/aromatic N) is 4. The Morgan fingerprint density at radius 1 is 1.13 bits per heavy atom. The van der Waals surface area contributed by atoms with Crippen molar-refractivity contribution in [2.24, 2.45) is 0 Å². The van der Waals surface area contributed by atoms with Crippen molar-refractivity contribution in [3.63, 3.8) is 0 Å². The van der Waals surface area contributed by atoms with Gasteiger partial charge in [0.15, 0.2) is 5.16 Å². The molecule has 2 aromatic rings. The number of imide groups is 1. The summed E-state index contributed by atoms with van der Waals surface area (Å²) < 4.78 is 2.16. The van der Waals surface area contributed by atoms with Crippen molar-refractivity contribution in [2.75, 3.05) is 12.3 Å². The maximum absolute atomic E-state index is 12.3. The van der Waals surface area contributed by atoms with Crippen LogP contribution in [0.3, 0.4) is 0 Å². The van der Waals surface area contributed by atoms with E-state index in [1.807, 2.05) is 6.92 Å². The van der Waals surface area contributed by atoms with E-state index in [9.17, 15) is 9.59 Å². The van der Waals surface area contributed by atoms with Gasteiger partial charge in [-0.2, -0.15) is 0 Å². The van der Waals surface area contributed by atoms with Crippen LogP contribution in [0.1, 0.15) is 45.4 Å². The first-order valence-corrected chi connectivity index (χ1v) is 8.65. The van der Waals surface area contributed by atoms with Gasteiger partial charge in [0.2, 0.25) is 0 Å². The molecule has 1 aromatic carbocycles. The number of carbonyl (C=O) groups is 2. The molecule has 1 aromatic heterocycles. The number of rotatable bonds is 5. The number of thioether (sulfide) groups is 1. The van der Waals surface area contributed by atoms with Crippen LogP contribution in [0, 0.1) is 6.92 Å². The normalized spacial score (nSPS) is 17.0. The Morgan fingerprint density at radius 2 is 1.78 bits per heavy atom. The lowest BCUT2D eigenvalue weighted by Gasteiger charge is -2.13. The standard InChI is InChI=1S/C16H16N4O2S/c1-10-17-18-16(20(10)11-6-7-11)23-9-8-19-14(21)12-4-2-3-5-13(12)15(19)22/h2-5,11H,6-9H2,1H3. The van der Waals surface area contributed by atoms with E-state index in [-0.39, 0.29) is 11.8 Å². The Morgan fingerprint density at radius 3 is 2.39 bits per heavy atom. The Labute approximate surface area is 137 Å². The predicted molar refractivity (Wildman–Crippen MR) is 85.6 cm³/mol. The predicted octanol–water partition coefficient (Wildman–Crippen LogP) is 2.31. The first kappa shape index (κ1) is 14.4. The van der Waals surface area contributed by atoms with Crippen LogP contribution < -0.4 is 0 Å². The molecule has 118 valence electrons. The van der Waals surface area contributed by atoms with Crippen molar-refractivity contribution in [3.8, 4) is 0 Å². The Balaban J connectivity index is 1.43. The minimum Gasteiger partial charge on any atom is -0.303 e. The number of hydrogen-bond donors (Lipinski definition) is 0. The third kappa shape index (κ3) is 2.45. The van der Waals surface area contributed by atoms with Gasteiger partial charge in [-0.25, -0.2) is 0 Å². The zero-order chi connectivity index (χ0) is 16.0. The largest absolute Gasteiger partial charge is 0.303 e. The summed E-state index contributed by atoms with van der Waals surface area (Å²) in [6.07, 6.45) is 2.34. The van der Waals surface area contributed by atoms with Gasteiger partial charge in [-0.05, 0) is 31.9 Å². The third-order valence-electron chi connectivity index (χ3n) is 4.17. The summed E-state index contributed by atoms with van der Waals surface area (Å²) in [5.74, 6) is 1.14. The number of aromatic nitrogens is 3. The van der Waals surface area contributed by atoms with Crippen LogP contribution in [0.2, 0.25) is 0 Å². The summed E-state index contributed by atoms with van der Waals surface area (Å²) in [5.41, 5.74) is 0.999. The maximum atomic E-state index is 12.3. The highest BCUT2D eigenvalue weighted by atomic mass is 32.2. The Kier molecular flexibility index (Phi) is 3.45. The second-order valence-electron chi connectivity index (χ2n) is 5.79. The van der Waals surface area contributed by atoms with Crippen LogP contribution >= 0.6 is 11.8 Å². The molecule has 0 saturated heterocycles. The fraction of sp³-hybridized carbons (Fsp3) is 0.375. The van der Waals surface area contributed by atoms with Gasteiger partial charge in [0.05, 0.1) is 11.1 Å². The molecule has 2 aliphatic rings. The summed E-state index contributed by atoms with van der Waals surface area (Å²) >= 11 is 1.55. The first-order valence-electron chi connectivity index (χ1n) is 7.66. The molecule has 1 aliphatic carbocycles. The molecule has 0 N–H and O–H groups in total. The molecule has 1 fully saturated rings. The Hall–Kier alpha value is -2.15. The fourth-order valence-corrected chi connectivity index (χ4v) is 3.85. The number of benzene rings is 1. The number of carbonyl (C=O) groups excluding carboxylic acids is 2. The van der Waals surface area contributed by atoms with Crippen LogP contribution in [-0.2, 0) is 0 Å². The fourth-order valence-electron chi connectivity index (χ4n) is 2.87. The van der Waals surface area contributed by atoms with E-state index in [1.165, 1.54) is 17.7 Å². The molecule has 0 unspecified atom stereocenters. The summed E-state index contributed by atoms with van der Waals surface area (Å²) in [4.78, 5) is 25.9. The van der Waals surface area contributed by atoms with E-state index < -0.39 is 0 Å². The molecule has 0 radical (unpaired) electrons. The molecule has 0 spiro atoms. The summed E-state index contributed by atoms with van der Waals surface area (Å²) in [5, 5.41) is 9.22. The third-order valence-corrected chi connectivity index (χ3v) is 5.09. The van der Waals surface area contributed by atoms with Crippen LogP contribution in [0.4, 0.5) is 0 Å². The average Bonchev–Trinajstić information content (AvgIpc) is 3.29. The van der Waals surface area contributed by atoms with E-state index in [4.69, 9.17) is 0 Å². The van der Waals surface area contributed by atoms with Crippen LogP contribution in [-0.4, -0.2) is 43.8 Å². The van der Waals surface area contributed by atoms with Crippen LogP contribution in [0.5, 0.6) is 0 Å². The molecule has 23 heavy (non-hydrogen) atoms. The summed E-state index contributed by atoms with van der Waals surface area (Å²) in [6, 6.07) is 7.49. The van der Waals surface area contributed by atoms with Gasteiger partial charge in [-0.3, -0.25) is 14.5 Å². The first-order chi connectivity index (χ1) is 11.2. The van der Waals surface area contributed by atoms with E-state index >= 15 is 0 Å². The van der Waals surface area contributed by atoms with E-state index in [0.717, 1.165) is 11.0 Å². The van der Waals surface area contributed by atoms with Crippen molar-refractivity contribution >= 4 is 23.6 Å². The van der Waals surface area contributed by atoms with E-state index in [2.05, 4.69) is 14.8 Å². The molecule has 6 nitrogen and oxygen atoms in total.